The lowest BCUT2D eigenvalue weighted by Crippen LogP contribution is -2.28. The molecule has 0 aliphatic heterocycles. The Morgan fingerprint density at radius 2 is 1.70 bits per heavy atom. The summed E-state index contributed by atoms with van der Waals surface area (Å²) in [5.74, 6) is 0.860. The van der Waals surface area contributed by atoms with Crippen LogP contribution in [-0.2, 0) is 6.54 Å². The van der Waals surface area contributed by atoms with Crippen LogP contribution in [0.1, 0.15) is 17.2 Å². The van der Waals surface area contributed by atoms with E-state index in [-0.39, 0.29) is 6.04 Å². The van der Waals surface area contributed by atoms with E-state index < -0.39 is 0 Å². The van der Waals surface area contributed by atoms with Gasteiger partial charge >= 0.3 is 0 Å². The first-order chi connectivity index (χ1) is 9.69. The highest BCUT2D eigenvalue weighted by Crippen LogP contribution is 2.17. The number of hydrogen-bond donors (Lipinski definition) is 1. The third-order valence-electron chi connectivity index (χ3n) is 3.35. The number of ether oxygens (including phenoxy) is 1. The maximum Gasteiger partial charge on any atom is 0.118 e. The third-order valence-corrected chi connectivity index (χ3v) is 3.35. The molecule has 0 amide bonds. The van der Waals surface area contributed by atoms with Crippen molar-refractivity contribution in [2.24, 2.45) is 5.73 Å². The van der Waals surface area contributed by atoms with Gasteiger partial charge < -0.3 is 15.4 Å². The number of rotatable bonds is 6. The maximum atomic E-state index is 6.26. The fourth-order valence-corrected chi connectivity index (χ4v) is 2.25. The Morgan fingerprint density at radius 3 is 2.30 bits per heavy atom. The van der Waals surface area contributed by atoms with Gasteiger partial charge in [-0.2, -0.15) is 0 Å². The zero-order valence-electron chi connectivity index (χ0n) is 12.1. The fraction of sp³-hybridized carbons (Fsp3) is 0.294. The largest absolute Gasteiger partial charge is 0.497 e. The highest BCUT2D eigenvalue weighted by molar-refractivity contribution is 5.29. The minimum Gasteiger partial charge on any atom is -0.497 e. The Morgan fingerprint density at radius 1 is 1.05 bits per heavy atom. The molecular weight excluding hydrogens is 248 g/mol. The van der Waals surface area contributed by atoms with Gasteiger partial charge in [0.25, 0.3) is 0 Å². The Hall–Kier alpha value is -1.84. The SMILES string of the molecule is COc1ccc(C(N)CN(C)Cc2ccccc2)cc1. The molecule has 0 saturated heterocycles. The van der Waals surface area contributed by atoms with Gasteiger partial charge in [-0.3, -0.25) is 0 Å². The van der Waals surface area contributed by atoms with E-state index in [0.717, 1.165) is 24.4 Å². The average molecular weight is 270 g/mol. The third kappa shape index (κ3) is 4.08. The van der Waals surface area contributed by atoms with E-state index in [1.807, 2.05) is 30.3 Å². The van der Waals surface area contributed by atoms with Crippen molar-refractivity contribution in [1.82, 2.24) is 4.90 Å². The molecule has 0 saturated carbocycles. The van der Waals surface area contributed by atoms with Gasteiger partial charge in [-0.05, 0) is 30.3 Å². The van der Waals surface area contributed by atoms with Crippen LogP contribution < -0.4 is 10.5 Å². The van der Waals surface area contributed by atoms with Crippen LogP contribution in [0.4, 0.5) is 0 Å². The summed E-state index contributed by atoms with van der Waals surface area (Å²) in [6.07, 6.45) is 0. The highest BCUT2D eigenvalue weighted by atomic mass is 16.5. The van der Waals surface area contributed by atoms with E-state index in [1.165, 1.54) is 5.56 Å². The molecule has 1 unspecified atom stereocenters. The molecule has 0 aliphatic carbocycles. The lowest BCUT2D eigenvalue weighted by molar-refractivity contribution is 0.305. The molecule has 0 bridgehead atoms. The van der Waals surface area contributed by atoms with Gasteiger partial charge in [0.2, 0.25) is 0 Å². The second kappa shape index (κ2) is 7.08. The van der Waals surface area contributed by atoms with E-state index >= 15 is 0 Å². The van der Waals surface area contributed by atoms with E-state index in [4.69, 9.17) is 10.5 Å². The van der Waals surface area contributed by atoms with Gasteiger partial charge in [0.05, 0.1) is 7.11 Å². The van der Waals surface area contributed by atoms with E-state index in [1.54, 1.807) is 7.11 Å². The molecule has 0 heterocycles. The van der Waals surface area contributed by atoms with Crippen molar-refractivity contribution in [3.63, 3.8) is 0 Å². The topological polar surface area (TPSA) is 38.5 Å². The highest BCUT2D eigenvalue weighted by Gasteiger charge is 2.09. The minimum atomic E-state index is 0.00891. The molecule has 2 N–H and O–H groups in total. The first-order valence-corrected chi connectivity index (χ1v) is 6.81. The minimum absolute atomic E-state index is 0.00891. The molecule has 20 heavy (non-hydrogen) atoms. The van der Waals surface area contributed by atoms with Crippen molar-refractivity contribution < 1.29 is 4.74 Å². The molecule has 0 spiro atoms. The van der Waals surface area contributed by atoms with Gasteiger partial charge in [-0.15, -0.1) is 0 Å². The van der Waals surface area contributed by atoms with E-state index in [0.29, 0.717) is 0 Å². The standard InChI is InChI=1S/C17H22N2O/c1-19(12-14-6-4-3-5-7-14)13-17(18)15-8-10-16(20-2)11-9-15/h3-11,17H,12-13,18H2,1-2H3. The first kappa shape index (κ1) is 14.6. The monoisotopic (exact) mass is 270 g/mol. The van der Waals surface area contributed by atoms with Crippen molar-refractivity contribution >= 4 is 0 Å². The van der Waals surface area contributed by atoms with Crippen LogP contribution in [0.5, 0.6) is 5.75 Å². The molecule has 106 valence electrons. The molecule has 0 aromatic heterocycles. The molecule has 3 nitrogen and oxygen atoms in total. The van der Waals surface area contributed by atoms with Crippen LogP contribution in [0, 0.1) is 0 Å². The van der Waals surface area contributed by atoms with E-state index in [9.17, 15) is 0 Å². The van der Waals surface area contributed by atoms with Gasteiger partial charge in [0.15, 0.2) is 0 Å². The number of likely N-dealkylation sites (N-methyl/N-ethyl adjacent to an activating group) is 1. The quantitative estimate of drug-likeness (QED) is 0.877. The van der Waals surface area contributed by atoms with Crippen LogP contribution in [0.25, 0.3) is 0 Å². The number of benzene rings is 2. The number of nitrogens with zero attached hydrogens (tertiary/aromatic N) is 1. The number of nitrogens with two attached hydrogens (primary N) is 1. The van der Waals surface area contributed by atoms with Crippen LogP contribution in [0.2, 0.25) is 0 Å². The Bertz CT molecular complexity index is 510. The Kier molecular flexibility index (Phi) is 5.16. The lowest BCUT2D eigenvalue weighted by Gasteiger charge is -2.21. The van der Waals surface area contributed by atoms with Crippen molar-refractivity contribution in [2.45, 2.75) is 12.6 Å². The summed E-state index contributed by atoms with van der Waals surface area (Å²) < 4.78 is 5.16. The maximum absolute atomic E-state index is 6.26. The molecule has 2 aromatic rings. The zero-order valence-corrected chi connectivity index (χ0v) is 12.1. The predicted molar refractivity (Wildman–Crippen MR) is 82.7 cm³/mol. The lowest BCUT2D eigenvalue weighted by atomic mass is 10.1. The van der Waals surface area contributed by atoms with Crippen molar-refractivity contribution in [2.75, 3.05) is 20.7 Å². The summed E-state index contributed by atoms with van der Waals surface area (Å²) in [6.45, 7) is 1.73. The van der Waals surface area contributed by atoms with E-state index in [2.05, 4.69) is 36.2 Å². The fourth-order valence-electron chi connectivity index (χ4n) is 2.25. The van der Waals surface area contributed by atoms with Crippen molar-refractivity contribution in [3.8, 4) is 5.75 Å². The number of methoxy groups -OCH3 is 1. The summed E-state index contributed by atoms with van der Waals surface area (Å²) in [7, 11) is 3.76. The van der Waals surface area contributed by atoms with Crippen LogP contribution in [0.3, 0.4) is 0 Å². The second-order valence-electron chi connectivity index (χ2n) is 5.06. The number of hydrogen-bond acceptors (Lipinski definition) is 3. The molecular formula is C17H22N2O. The molecule has 2 aromatic carbocycles. The summed E-state index contributed by atoms with van der Waals surface area (Å²) in [4.78, 5) is 2.24. The molecule has 0 radical (unpaired) electrons. The smallest absolute Gasteiger partial charge is 0.118 e. The predicted octanol–water partition coefficient (Wildman–Crippen LogP) is 2.83. The zero-order chi connectivity index (χ0) is 14.4. The normalized spacial score (nSPS) is 12.4. The molecule has 0 fully saturated rings. The van der Waals surface area contributed by atoms with Crippen LogP contribution in [-0.4, -0.2) is 25.6 Å². The van der Waals surface area contributed by atoms with Crippen molar-refractivity contribution in [1.29, 1.82) is 0 Å². The molecule has 0 aliphatic rings. The summed E-state index contributed by atoms with van der Waals surface area (Å²) >= 11 is 0. The average Bonchev–Trinajstić information content (AvgIpc) is 2.48. The molecule has 3 heteroatoms. The van der Waals surface area contributed by atoms with Gasteiger partial charge in [0.1, 0.15) is 5.75 Å². The summed E-state index contributed by atoms with van der Waals surface area (Å²) in [5, 5.41) is 0. The van der Waals surface area contributed by atoms with Crippen LogP contribution in [0.15, 0.2) is 54.6 Å². The second-order valence-corrected chi connectivity index (χ2v) is 5.06. The van der Waals surface area contributed by atoms with Crippen molar-refractivity contribution in [3.05, 3.63) is 65.7 Å². The van der Waals surface area contributed by atoms with Gasteiger partial charge in [-0.1, -0.05) is 42.5 Å². The summed E-state index contributed by atoms with van der Waals surface area (Å²) in [5.41, 5.74) is 8.69. The Labute approximate surface area is 121 Å². The van der Waals surface area contributed by atoms with Crippen LogP contribution >= 0.6 is 0 Å². The Balaban J connectivity index is 1.91. The summed E-state index contributed by atoms with van der Waals surface area (Å²) in [6, 6.07) is 18.4. The molecule has 2 rings (SSSR count). The van der Waals surface area contributed by atoms with Gasteiger partial charge in [-0.25, -0.2) is 0 Å². The van der Waals surface area contributed by atoms with Gasteiger partial charge in [0, 0.05) is 19.1 Å². The first-order valence-electron chi connectivity index (χ1n) is 6.81. The molecule has 1 atom stereocenters.